The number of rotatable bonds is 4. The fraction of sp³-hybridized carbons (Fsp3) is 0.588. The maximum Gasteiger partial charge on any atom is 0.216 e. The van der Waals surface area contributed by atoms with Crippen LogP contribution in [0, 0.1) is 5.41 Å². The summed E-state index contributed by atoms with van der Waals surface area (Å²) in [6.45, 7) is 5.69. The van der Waals surface area contributed by atoms with Crippen LogP contribution in [0.3, 0.4) is 0 Å². The number of nitrogens with one attached hydrogen (secondary N) is 2. The third-order valence-electron chi connectivity index (χ3n) is 5.14. The summed E-state index contributed by atoms with van der Waals surface area (Å²) in [6.07, 6.45) is 7.04. The molecule has 1 spiro atoms. The highest BCUT2D eigenvalue weighted by Gasteiger charge is 2.43. The number of aromatic amines is 1. The van der Waals surface area contributed by atoms with Crippen LogP contribution in [-0.2, 0) is 6.54 Å². The van der Waals surface area contributed by atoms with Crippen LogP contribution in [-0.4, -0.2) is 45.7 Å². The van der Waals surface area contributed by atoms with Crippen molar-refractivity contribution in [2.24, 2.45) is 10.4 Å². The number of guanidine groups is 1. The molecule has 8 heteroatoms. The fourth-order valence-corrected chi connectivity index (χ4v) is 3.66. The lowest BCUT2D eigenvalue weighted by Gasteiger charge is -2.38. The molecule has 1 saturated heterocycles. The Bertz CT molecular complexity index is 707. The number of aliphatic imine (C=N–C) groups is 1. The quantitative estimate of drug-likeness (QED) is 0.420. The summed E-state index contributed by atoms with van der Waals surface area (Å²) in [6, 6.07) is 3.68. The molecule has 3 heterocycles. The van der Waals surface area contributed by atoms with Gasteiger partial charge in [0, 0.05) is 19.6 Å². The average Bonchev–Trinajstić information content (AvgIpc) is 3.30. The van der Waals surface area contributed by atoms with Gasteiger partial charge in [-0.2, -0.15) is 0 Å². The lowest BCUT2D eigenvalue weighted by molar-refractivity contribution is 0.151. The van der Waals surface area contributed by atoms with E-state index in [2.05, 4.69) is 32.3 Å². The molecule has 25 heavy (non-hydrogen) atoms. The van der Waals surface area contributed by atoms with Crippen molar-refractivity contribution in [2.75, 3.05) is 19.6 Å². The van der Waals surface area contributed by atoms with Crippen LogP contribution in [0.25, 0.3) is 11.6 Å². The first-order chi connectivity index (χ1) is 11.8. The molecule has 2 fully saturated rings. The molecule has 0 aromatic carbocycles. The van der Waals surface area contributed by atoms with Crippen LogP contribution < -0.4 is 5.32 Å². The van der Waals surface area contributed by atoms with Crippen LogP contribution in [0.4, 0.5) is 0 Å². The van der Waals surface area contributed by atoms with Gasteiger partial charge in [0.25, 0.3) is 0 Å². The zero-order chi connectivity index (χ0) is 16.4. The molecular formula is C17H25IN6O. The molecule has 0 unspecified atom stereocenters. The van der Waals surface area contributed by atoms with E-state index in [-0.39, 0.29) is 24.0 Å². The third kappa shape index (κ3) is 3.83. The molecule has 7 nitrogen and oxygen atoms in total. The Balaban J connectivity index is 0.00000182. The summed E-state index contributed by atoms with van der Waals surface area (Å²) in [4.78, 5) is 11.6. The molecule has 136 valence electrons. The highest BCUT2D eigenvalue weighted by Crippen LogP contribution is 2.47. The first-order valence-corrected chi connectivity index (χ1v) is 8.76. The number of likely N-dealkylation sites (tertiary alicyclic amines) is 1. The first kappa shape index (κ1) is 18.2. The van der Waals surface area contributed by atoms with Gasteiger partial charge in [0.15, 0.2) is 11.7 Å². The second-order valence-corrected chi connectivity index (χ2v) is 6.78. The fourth-order valence-electron chi connectivity index (χ4n) is 3.66. The summed E-state index contributed by atoms with van der Waals surface area (Å²) < 4.78 is 5.32. The highest BCUT2D eigenvalue weighted by atomic mass is 127. The second-order valence-electron chi connectivity index (χ2n) is 6.78. The minimum Gasteiger partial charge on any atom is -0.461 e. The van der Waals surface area contributed by atoms with Gasteiger partial charge in [-0.05, 0) is 43.7 Å². The van der Waals surface area contributed by atoms with Crippen LogP contribution in [0.5, 0.6) is 0 Å². The lowest BCUT2D eigenvalue weighted by atomic mass is 9.68. The Morgan fingerprint density at radius 3 is 2.96 bits per heavy atom. The minimum atomic E-state index is 0. The van der Waals surface area contributed by atoms with Gasteiger partial charge in [0.1, 0.15) is 12.4 Å². The van der Waals surface area contributed by atoms with Crippen LogP contribution >= 0.6 is 24.0 Å². The Morgan fingerprint density at radius 1 is 1.44 bits per heavy atom. The third-order valence-corrected chi connectivity index (χ3v) is 5.14. The van der Waals surface area contributed by atoms with Crippen LogP contribution in [0.2, 0.25) is 0 Å². The van der Waals surface area contributed by atoms with Crippen LogP contribution in [0.1, 0.15) is 38.4 Å². The van der Waals surface area contributed by atoms with Gasteiger partial charge in [-0.3, -0.25) is 5.10 Å². The Labute approximate surface area is 164 Å². The van der Waals surface area contributed by atoms with E-state index in [1.54, 1.807) is 6.26 Å². The van der Waals surface area contributed by atoms with Gasteiger partial charge in [-0.25, -0.2) is 9.98 Å². The van der Waals surface area contributed by atoms with Gasteiger partial charge in [-0.15, -0.1) is 29.1 Å². The molecule has 0 atom stereocenters. The highest BCUT2D eigenvalue weighted by molar-refractivity contribution is 14.0. The van der Waals surface area contributed by atoms with E-state index in [1.807, 2.05) is 12.1 Å². The number of halogens is 1. The monoisotopic (exact) mass is 456 g/mol. The van der Waals surface area contributed by atoms with Crippen LogP contribution in [0.15, 0.2) is 27.8 Å². The van der Waals surface area contributed by atoms with Gasteiger partial charge in [0.05, 0.1) is 6.26 Å². The number of hydrogen-bond donors (Lipinski definition) is 2. The second kappa shape index (κ2) is 7.76. The standard InChI is InChI=1S/C17H24N6O.HI/c1-2-18-16(23-9-8-17(12-23)6-4-7-17)19-11-14-20-15(22-21-14)13-5-3-10-24-13;/h3,5,10H,2,4,6-9,11-12H2,1H3,(H,18,19)(H,20,21,22);1H. The molecule has 1 saturated carbocycles. The number of aromatic nitrogens is 3. The maximum absolute atomic E-state index is 5.32. The molecule has 1 aliphatic carbocycles. The van der Waals surface area contributed by atoms with E-state index in [0.717, 1.165) is 31.4 Å². The van der Waals surface area contributed by atoms with Crippen molar-refractivity contribution in [1.29, 1.82) is 0 Å². The predicted molar refractivity (Wildman–Crippen MR) is 107 cm³/mol. The number of hydrogen-bond acceptors (Lipinski definition) is 4. The Kier molecular flexibility index (Phi) is 5.65. The molecule has 2 aromatic heterocycles. The van der Waals surface area contributed by atoms with Crippen molar-refractivity contribution in [2.45, 2.75) is 39.2 Å². The number of H-pyrrole nitrogens is 1. The van der Waals surface area contributed by atoms with E-state index in [9.17, 15) is 0 Å². The van der Waals surface area contributed by atoms with Gasteiger partial charge in [-0.1, -0.05) is 6.42 Å². The molecule has 1 aliphatic heterocycles. The van der Waals surface area contributed by atoms with E-state index < -0.39 is 0 Å². The molecular weight excluding hydrogens is 431 g/mol. The number of furan rings is 1. The summed E-state index contributed by atoms with van der Waals surface area (Å²) >= 11 is 0. The zero-order valence-electron chi connectivity index (χ0n) is 14.5. The van der Waals surface area contributed by atoms with E-state index in [0.29, 0.717) is 23.5 Å². The van der Waals surface area contributed by atoms with Crippen molar-refractivity contribution < 1.29 is 4.42 Å². The molecule has 2 aliphatic rings. The van der Waals surface area contributed by atoms with Crippen molar-refractivity contribution in [3.63, 3.8) is 0 Å². The largest absolute Gasteiger partial charge is 0.461 e. The number of nitrogens with zero attached hydrogens (tertiary/aromatic N) is 4. The Hall–Kier alpha value is -1.58. The predicted octanol–water partition coefficient (Wildman–Crippen LogP) is 3.02. The zero-order valence-corrected chi connectivity index (χ0v) is 16.8. The SMILES string of the molecule is CCNC(=NCc1nc(-c2ccco2)n[nH]1)N1CCC2(CCC2)C1.I. The molecule has 0 radical (unpaired) electrons. The van der Waals surface area contributed by atoms with E-state index in [4.69, 9.17) is 9.41 Å². The van der Waals surface area contributed by atoms with Crippen molar-refractivity contribution in [1.82, 2.24) is 25.4 Å². The summed E-state index contributed by atoms with van der Waals surface area (Å²) in [5.41, 5.74) is 0.564. The molecule has 0 bridgehead atoms. The molecule has 4 rings (SSSR count). The van der Waals surface area contributed by atoms with Crippen molar-refractivity contribution in [3.05, 3.63) is 24.2 Å². The van der Waals surface area contributed by atoms with E-state index in [1.165, 1.54) is 25.7 Å². The molecule has 2 aromatic rings. The van der Waals surface area contributed by atoms with Gasteiger partial charge >= 0.3 is 0 Å². The normalized spacial score (nSPS) is 18.9. The Morgan fingerprint density at radius 2 is 2.32 bits per heavy atom. The van der Waals surface area contributed by atoms with E-state index >= 15 is 0 Å². The molecule has 2 N–H and O–H groups in total. The summed E-state index contributed by atoms with van der Waals surface area (Å²) in [5.74, 6) is 2.97. The molecule has 0 amide bonds. The smallest absolute Gasteiger partial charge is 0.216 e. The topological polar surface area (TPSA) is 82.3 Å². The van der Waals surface area contributed by atoms with Crippen molar-refractivity contribution >= 4 is 29.9 Å². The minimum absolute atomic E-state index is 0. The van der Waals surface area contributed by atoms with Gasteiger partial charge in [0.2, 0.25) is 5.82 Å². The summed E-state index contributed by atoms with van der Waals surface area (Å²) in [7, 11) is 0. The summed E-state index contributed by atoms with van der Waals surface area (Å²) in [5, 5.41) is 10.5. The van der Waals surface area contributed by atoms with Gasteiger partial charge < -0.3 is 14.6 Å². The maximum atomic E-state index is 5.32. The lowest BCUT2D eigenvalue weighted by Crippen LogP contribution is -2.42. The first-order valence-electron chi connectivity index (χ1n) is 8.76. The van der Waals surface area contributed by atoms with Crippen molar-refractivity contribution in [3.8, 4) is 11.6 Å². The average molecular weight is 456 g/mol.